The molecule has 10 nitrogen and oxygen atoms in total. The quantitative estimate of drug-likeness (QED) is 0.454. The van der Waals surface area contributed by atoms with E-state index in [-0.39, 0.29) is 11.3 Å². The Labute approximate surface area is 230 Å². The van der Waals surface area contributed by atoms with Crippen molar-refractivity contribution in [2.24, 2.45) is 7.05 Å². The van der Waals surface area contributed by atoms with Gasteiger partial charge in [0.1, 0.15) is 0 Å². The van der Waals surface area contributed by atoms with Gasteiger partial charge in [-0.25, -0.2) is 9.67 Å². The standard InChI is InChI=1S/C29H40N8O2/c1-5-39-25-16-23(32-34(25)4)19-37-20-29(6-7-29)26-22(18-35-12-10-33(3)11-13-35)14-21(15-24(26)27(37)38)17-36-9-8-31-28(36)30-2/h8-9,14-16H,5-7,10-13,17-20H2,1-4H3,(H,30,31). The van der Waals surface area contributed by atoms with Crippen molar-refractivity contribution >= 4 is 11.9 Å². The van der Waals surface area contributed by atoms with Crippen LogP contribution in [-0.4, -0.2) is 93.4 Å². The smallest absolute Gasteiger partial charge is 0.254 e. The molecular formula is C29H40N8O2. The van der Waals surface area contributed by atoms with Crippen LogP contribution in [0.15, 0.2) is 30.6 Å². The fourth-order valence-electron chi connectivity index (χ4n) is 6.32. The van der Waals surface area contributed by atoms with Gasteiger partial charge in [0, 0.05) is 82.8 Å². The Bertz CT molecular complexity index is 1350. The number of hydrogen-bond acceptors (Lipinski definition) is 7. The second kappa shape index (κ2) is 10.3. The van der Waals surface area contributed by atoms with Crippen molar-refractivity contribution < 1.29 is 9.53 Å². The molecule has 1 saturated carbocycles. The molecule has 1 amide bonds. The van der Waals surface area contributed by atoms with Crippen LogP contribution in [0.4, 0.5) is 5.95 Å². The molecule has 0 bridgehead atoms. The Balaban J connectivity index is 1.35. The van der Waals surface area contributed by atoms with Crippen molar-refractivity contribution in [1.82, 2.24) is 34.0 Å². The number of aryl methyl sites for hydroxylation is 1. The van der Waals surface area contributed by atoms with E-state index in [1.807, 2.05) is 44.4 Å². The Hall–Kier alpha value is -3.37. The van der Waals surface area contributed by atoms with Gasteiger partial charge in [0.25, 0.3) is 5.91 Å². The fourth-order valence-corrected chi connectivity index (χ4v) is 6.32. The normalized spacial score (nSPS) is 19.0. The zero-order valence-electron chi connectivity index (χ0n) is 23.6. The molecule has 0 radical (unpaired) electrons. The molecule has 39 heavy (non-hydrogen) atoms. The first-order valence-electron chi connectivity index (χ1n) is 14.1. The second-order valence-corrected chi connectivity index (χ2v) is 11.4. The van der Waals surface area contributed by atoms with Gasteiger partial charge >= 0.3 is 0 Å². The Kier molecular flexibility index (Phi) is 6.84. The van der Waals surface area contributed by atoms with Crippen LogP contribution in [0.5, 0.6) is 5.88 Å². The number of likely N-dealkylation sites (N-methyl/N-ethyl adjacent to an activating group) is 1. The number of piperazine rings is 1. The summed E-state index contributed by atoms with van der Waals surface area (Å²) in [7, 11) is 5.96. The summed E-state index contributed by atoms with van der Waals surface area (Å²) in [5.41, 5.74) is 5.52. The lowest BCUT2D eigenvalue weighted by atomic mass is 9.81. The number of imidazole rings is 1. The van der Waals surface area contributed by atoms with E-state index in [4.69, 9.17) is 4.74 Å². The molecule has 1 aromatic carbocycles. The zero-order valence-corrected chi connectivity index (χ0v) is 23.6. The van der Waals surface area contributed by atoms with E-state index in [9.17, 15) is 4.79 Å². The number of rotatable bonds is 9. The number of aromatic nitrogens is 4. The molecule has 208 valence electrons. The molecule has 2 fully saturated rings. The molecule has 2 aliphatic heterocycles. The number of hydrogen-bond donors (Lipinski definition) is 1. The minimum atomic E-state index is 0.0480. The molecule has 0 atom stereocenters. The van der Waals surface area contributed by atoms with Gasteiger partial charge in [-0.3, -0.25) is 9.69 Å². The Morgan fingerprint density at radius 2 is 1.85 bits per heavy atom. The monoisotopic (exact) mass is 532 g/mol. The van der Waals surface area contributed by atoms with Crippen LogP contribution in [0.1, 0.15) is 52.5 Å². The van der Waals surface area contributed by atoms with Gasteiger partial charge in [0.05, 0.1) is 25.4 Å². The SMILES string of the molecule is CCOc1cc(CN2CC3(CC3)c3c(CN4CCN(C)CC4)cc(Cn4ccnc4NC)cc3C2=O)nn1C. The fraction of sp³-hybridized carbons (Fsp3) is 0.552. The van der Waals surface area contributed by atoms with E-state index in [1.165, 1.54) is 11.1 Å². The van der Waals surface area contributed by atoms with Crippen LogP contribution in [-0.2, 0) is 32.1 Å². The summed E-state index contributed by atoms with van der Waals surface area (Å²) in [6, 6.07) is 6.45. The molecule has 0 unspecified atom stereocenters. The molecule has 4 heterocycles. The van der Waals surface area contributed by atoms with Crippen molar-refractivity contribution in [3.63, 3.8) is 0 Å². The molecule has 6 rings (SSSR count). The van der Waals surface area contributed by atoms with Crippen LogP contribution in [0.2, 0.25) is 0 Å². The maximum atomic E-state index is 14.1. The van der Waals surface area contributed by atoms with Crippen molar-refractivity contribution in [3.8, 4) is 5.88 Å². The summed E-state index contributed by atoms with van der Waals surface area (Å²) in [5.74, 6) is 1.66. The highest BCUT2D eigenvalue weighted by Gasteiger charge is 2.52. The van der Waals surface area contributed by atoms with E-state index in [2.05, 4.69) is 48.9 Å². The first-order chi connectivity index (χ1) is 18.9. The largest absolute Gasteiger partial charge is 0.478 e. The number of carbonyl (C=O) groups is 1. The van der Waals surface area contributed by atoms with Crippen molar-refractivity contribution in [3.05, 3.63) is 58.5 Å². The third-order valence-electron chi connectivity index (χ3n) is 8.49. The predicted octanol–water partition coefficient (Wildman–Crippen LogP) is 2.54. The summed E-state index contributed by atoms with van der Waals surface area (Å²) in [6.07, 6.45) is 6.04. The molecule has 10 heteroatoms. The van der Waals surface area contributed by atoms with Gasteiger partial charge in [0.15, 0.2) is 0 Å². The van der Waals surface area contributed by atoms with E-state index in [1.54, 1.807) is 4.68 Å². The summed E-state index contributed by atoms with van der Waals surface area (Å²) in [6.45, 7) is 9.60. The molecule has 1 aliphatic carbocycles. The van der Waals surface area contributed by atoms with Gasteiger partial charge in [-0.05, 0) is 49.6 Å². The van der Waals surface area contributed by atoms with Crippen molar-refractivity contribution in [2.45, 2.75) is 44.8 Å². The number of amides is 1. The number of ether oxygens (including phenoxy) is 1. The summed E-state index contributed by atoms with van der Waals surface area (Å²) in [4.78, 5) is 25.5. The van der Waals surface area contributed by atoms with E-state index < -0.39 is 0 Å². The third-order valence-corrected chi connectivity index (χ3v) is 8.49. The minimum Gasteiger partial charge on any atom is -0.478 e. The number of benzene rings is 1. The Morgan fingerprint density at radius 3 is 2.56 bits per heavy atom. The van der Waals surface area contributed by atoms with Crippen LogP contribution in [0.25, 0.3) is 0 Å². The molecule has 2 aromatic heterocycles. The second-order valence-electron chi connectivity index (χ2n) is 11.4. The highest BCUT2D eigenvalue weighted by molar-refractivity contribution is 5.98. The van der Waals surface area contributed by atoms with Gasteiger partial charge in [0.2, 0.25) is 11.8 Å². The van der Waals surface area contributed by atoms with Crippen LogP contribution in [0, 0.1) is 0 Å². The lowest BCUT2D eigenvalue weighted by molar-refractivity contribution is 0.0694. The van der Waals surface area contributed by atoms with Crippen LogP contribution >= 0.6 is 0 Å². The molecule has 3 aliphatic rings. The van der Waals surface area contributed by atoms with E-state index in [0.29, 0.717) is 19.7 Å². The summed E-state index contributed by atoms with van der Waals surface area (Å²) in [5, 5.41) is 7.81. The number of anilines is 1. The lowest BCUT2D eigenvalue weighted by Gasteiger charge is -2.38. The predicted molar refractivity (Wildman–Crippen MR) is 150 cm³/mol. The average Bonchev–Trinajstić information content (AvgIpc) is 3.38. The number of carbonyl (C=O) groups excluding carboxylic acids is 1. The van der Waals surface area contributed by atoms with Crippen molar-refractivity contribution in [1.29, 1.82) is 0 Å². The van der Waals surface area contributed by atoms with E-state index >= 15 is 0 Å². The number of nitrogens with one attached hydrogen (secondary N) is 1. The average molecular weight is 533 g/mol. The third kappa shape index (κ3) is 5.03. The lowest BCUT2D eigenvalue weighted by Crippen LogP contribution is -2.46. The molecule has 1 saturated heterocycles. The van der Waals surface area contributed by atoms with Gasteiger partial charge in [-0.2, -0.15) is 5.10 Å². The topological polar surface area (TPSA) is 83.7 Å². The van der Waals surface area contributed by atoms with Crippen molar-refractivity contribution in [2.75, 3.05) is 58.7 Å². The first-order valence-corrected chi connectivity index (χ1v) is 14.1. The number of nitrogens with zero attached hydrogens (tertiary/aromatic N) is 7. The molecule has 3 aromatic rings. The van der Waals surface area contributed by atoms with Crippen LogP contribution < -0.4 is 10.1 Å². The van der Waals surface area contributed by atoms with Gasteiger partial charge < -0.3 is 24.4 Å². The maximum absolute atomic E-state index is 14.1. The first kappa shape index (κ1) is 25.9. The molecule has 1 spiro atoms. The van der Waals surface area contributed by atoms with Gasteiger partial charge in [-0.1, -0.05) is 6.07 Å². The number of fused-ring (bicyclic) bond motifs is 2. The highest BCUT2D eigenvalue weighted by atomic mass is 16.5. The highest BCUT2D eigenvalue weighted by Crippen LogP contribution is 2.54. The Morgan fingerprint density at radius 1 is 1.05 bits per heavy atom. The molecular weight excluding hydrogens is 492 g/mol. The van der Waals surface area contributed by atoms with E-state index in [0.717, 1.165) is 80.8 Å². The van der Waals surface area contributed by atoms with Crippen LogP contribution in [0.3, 0.4) is 0 Å². The zero-order chi connectivity index (χ0) is 27.1. The summed E-state index contributed by atoms with van der Waals surface area (Å²) >= 11 is 0. The summed E-state index contributed by atoms with van der Waals surface area (Å²) < 4.78 is 9.55. The van der Waals surface area contributed by atoms with Gasteiger partial charge in [-0.15, -0.1) is 0 Å². The minimum absolute atomic E-state index is 0.0480. The molecule has 1 N–H and O–H groups in total. The maximum Gasteiger partial charge on any atom is 0.254 e.